The van der Waals surface area contributed by atoms with E-state index in [1.807, 2.05) is 38.2 Å². The van der Waals surface area contributed by atoms with Gasteiger partial charge in [-0.1, -0.05) is 24.1 Å². The standard InChI is InChI=1S/C14H13N/c1-4-14(2,3)12-9-11-7-5-6-8-13(11)15-10-12/h1,5-10H,2-3H3. The van der Waals surface area contributed by atoms with Gasteiger partial charge in [0.1, 0.15) is 0 Å². The van der Waals surface area contributed by atoms with E-state index in [2.05, 4.69) is 23.0 Å². The van der Waals surface area contributed by atoms with Gasteiger partial charge < -0.3 is 0 Å². The molecule has 0 amide bonds. The molecule has 0 aliphatic carbocycles. The highest BCUT2D eigenvalue weighted by atomic mass is 14.7. The van der Waals surface area contributed by atoms with E-state index in [1.165, 1.54) is 0 Å². The van der Waals surface area contributed by atoms with E-state index in [4.69, 9.17) is 6.42 Å². The van der Waals surface area contributed by atoms with Crippen molar-refractivity contribution in [2.45, 2.75) is 19.3 Å². The van der Waals surface area contributed by atoms with Gasteiger partial charge in [-0.05, 0) is 31.5 Å². The van der Waals surface area contributed by atoms with Gasteiger partial charge in [0.2, 0.25) is 0 Å². The number of para-hydroxylation sites is 1. The minimum absolute atomic E-state index is 0.253. The molecule has 0 aliphatic heterocycles. The van der Waals surface area contributed by atoms with Crippen molar-refractivity contribution in [1.82, 2.24) is 4.98 Å². The fraction of sp³-hybridized carbons (Fsp3) is 0.214. The second-order valence-corrected chi connectivity index (χ2v) is 4.19. The molecule has 0 fully saturated rings. The van der Waals surface area contributed by atoms with Crippen molar-refractivity contribution < 1.29 is 0 Å². The molecule has 74 valence electrons. The van der Waals surface area contributed by atoms with Gasteiger partial charge in [0, 0.05) is 11.6 Å². The van der Waals surface area contributed by atoms with E-state index in [9.17, 15) is 0 Å². The summed E-state index contributed by atoms with van der Waals surface area (Å²) in [5, 5.41) is 1.14. The van der Waals surface area contributed by atoms with Gasteiger partial charge in [0.25, 0.3) is 0 Å². The van der Waals surface area contributed by atoms with E-state index >= 15 is 0 Å². The van der Waals surface area contributed by atoms with Gasteiger partial charge in [-0.3, -0.25) is 4.98 Å². The highest BCUT2D eigenvalue weighted by Crippen LogP contribution is 2.24. The van der Waals surface area contributed by atoms with Crippen LogP contribution in [0.2, 0.25) is 0 Å². The van der Waals surface area contributed by atoms with Gasteiger partial charge in [-0.2, -0.15) is 0 Å². The zero-order valence-corrected chi connectivity index (χ0v) is 8.99. The number of benzene rings is 1. The van der Waals surface area contributed by atoms with Crippen molar-refractivity contribution in [3.05, 3.63) is 42.1 Å². The lowest BCUT2D eigenvalue weighted by Crippen LogP contribution is -2.13. The van der Waals surface area contributed by atoms with Crippen LogP contribution in [0.4, 0.5) is 0 Å². The van der Waals surface area contributed by atoms with Crippen LogP contribution in [0.15, 0.2) is 36.5 Å². The van der Waals surface area contributed by atoms with Crippen LogP contribution in [-0.2, 0) is 5.41 Å². The second kappa shape index (κ2) is 3.40. The molecule has 2 aromatic rings. The van der Waals surface area contributed by atoms with Crippen LogP contribution in [0.3, 0.4) is 0 Å². The minimum atomic E-state index is -0.253. The Labute approximate surface area is 90.2 Å². The summed E-state index contributed by atoms with van der Waals surface area (Å²) in [6, 6.07) is 10.2. The van der Waals surface area contributed by atoms with E-state index in [0.29, 0.717) is 0 Å². The molecule has 0 aliphatic rings. The average molecular weight is 195 g/mol. The Morgan fingerprint density at radius 2 is 2.00 bits per heavy atom. The number of nitrogens with zero attached hydrogens (tertiary/aromatic N) is 1. The number of fused-ring (bicyclic) bond motifs is 1. The Morgan fingerprint density at radius 1 is 1.27 bits per heavy atom. The van der Waals surface area contributed by atoms with Crippen LogP contribution in [-0.4, -0.2) is 4.98 Å². The molecule has 0 N–H and O–H groups in total. The summed E-state index contributed by atoms with van der Waals surface area (Å²) in [6.45, 7) is 4.05. The fourth-order valence-electron chi connectivity index (χ4n) is 1.50. The number of pyridine rings is 1. The summed E-state index contributed by atoms with van der Waals surface area (Å²) < 4.78 is 0. The number of hydrogen-bond acceptors (Lipinski definition) is 1. The number of aromatic nitrogens is 1. The van der Waals surface area contributed by atoms with Crippen molar-refractivity contribution in [3.8, 4) is 12.3 Å². The summed E-state index contributed by atoms with van der Waals surface area (Å²) in [7, 11) is 0. The first kappa shape index (κ1) is 9.73. The molecule has 0 spiro atoms. The Kier molecular flexibility index (Phi) is 2.21. The largest absolute Gasteiger partial charge is 0.256 e. The maximum atomic E-state index is 5.50. The van der Waals surface area contributed by atoms with E-state index in [1.54, 1.807) is 0 Å². The molecule has 0 atom stereocenters. The third-order valence-corrected chi connectivity index (χ3v) is 2.67. The van der Waals surface area contributed by atoms with Gasteiger partial charge in [-0.25, -0.2) is 0 Å². The highest BCUT2D eigenvalue weighted by molar-refractivity contribution is 5.79. The minimum Gasteiger partial charge on any atom is -0.256 e. The molecule has 1 nitrogen and oxygen atoms in total. The van der Waals surface area contributed by atoms with Crippen LogP contribution in [0.25, 0.3) is 10.9 Å². The molecule has 15 heavy (non-hydrogen) atoms. The quantitative estimate of drug-likeness (QED) is 0.637. The molecular weight excluding hydrogens is 182 g/mol. The summed E-state index contributed by atoms with van der Waals surface area (Å²) in [5.74, 6) is 2.78. The van der Waals surface area contributed by atoms with Crippen molar-refractivity contribution in [2.75, 3.05) is 0 Å². The monoisotopic (exact) mass is 195 g/mol. The molecule has 0 bridgehead atoms. The molecule has 2 rings (SSSR count). The maximum absolute atomic E-state index is 5.50. The SMILES string of the molecule is C#CC(C)(C)c1cnc2ccccc2c1. The van der Waals surface area contributed by atoms with E-state index in [0.717, 1.165) is 16.5 Å². The molecule has 0 radical (unpaired) electrons. The Morgan fingerprint density at radius 3 is 2.73 bits per heavy atom. The van der Waals surface area contributed by atoms with E-state index in [-0.39, 0.29) is 5.41 Å². The molecule has 1 heterocycles. The van der Waals surface area contributed by atoms with Crippen LogP contribution in [0.1, 0.15) is 19.4 Å². The van der Waals surface area contributed by atoms with Crippen molar-refractivity contribution in [3.63, 3.8) is 0 Å². The zero-order valence-electron chi connectivity index (χ0n) is 8.99. The third kappa shape index (κ3) is 1.71. The predicted molar refractivity (Wildman–Crippen MR) is 63.6 cm³/mol. The lowest BCUT2D eigenvalue weighted by Gasteiger charge is -2.17. The molecule has 1 aromatic heterocycles. The number of hydrogen-bond donors (Lipinski definition) is 0. The summed E-state index contributed by atoms with van der Waals surface area (Å²) >= 11 is 0. The first-order valence-electron chi connectivity index (χ1n) is 4.96. The smallest absolute Gasteiger partial charge is 0.0702 e. The lowest BCUT2D eigenvalue weighted by molar-refractivity contribution is 0.697. The maximum Gasteiger partial charge on any atom is 0.0702 e. The first-order chi connectivity index (χ1) is 7.13. The second-order valence-electron chi connectivity index (χ2n) is 4.19. The van der Waals surface area contributed by atoms with Gasteiger partial charge in [-0.15, -0.1) is 6.42 Å². The molecular formula is C14H13N. The topological polar surface area (TPSA) is 12.9 Å². The molecule has 0 unspecified atom stereocenters. The van der Waals surface area contributed by atoms with Crippen LogP contribution < -0.4 is 0 Å². The van der Waals surface area contributed by atoms with E-state index < -0.39 is 0 Å². The summed E-state index contributed by atoms with van der Waals surface area (Å²) in [6.07, 6.45) is 7.37. The molecule has 0 saturated carbocycles. The van der Waals surface area contributed by atoms with Gasteiger partial charge in [0.15, 0.2) is 0 Å². The first-order valence-corrected chi connectivity index (χ1v) is 4.96. The lowest BCUT2D eigenvalue weighted by atomic mass is 9.86. The molecule has 1 aromatic carbocycles. The highest BCUT2D eigenvalue weighted by Gasteiger charge is 2.17. The fourth-order valence-corrected chi connectivity index (χ4v) is 1.50. The molecule has 1 heteroatoms. The van der Waals surface area contributed by atoms with Crippen molar-refractivity contribution in [1.29, 1.82) is 0 Å². The van der Waals surface area contributed by atoms with Gasteiger partial charge in [0.05, 0.1) is 10.9 Å². The predicted octanol–water partition coefficient (Wildman–Crippen LogP) is 3.15. The Bertz CT molecular complexity index is 532. The zero-order chi connectivity index (χ0) is 10.9. The summed E-state index contributed by atoms with van der Waals surface area (Å²) in [4.78, 5) is 4.40. The van der Waals surface area contributed by atoms with Crippen molar-refractivity contribution >= 4 is 10.9 Å². The van der Waals surface area contributed by atoms with Gasteiger partial charge >= 0.3 is 0 Å². The summed E-state index contributed by atoms with van der Waals surface area (Å²) in [5.41, 5.74) is 1.84. The Balaban J connectivity index is 2.63. The third-order valence-electron chi connectivity index (χ3n) is 2.67. The van der Waals surface area contributed by atoms with Crippen LogP contribution >= 0.6 is 0 Å². The van der Waals surface area contributed by atoms with Crippen LogP contribution in [0.5, 0.6) is 0 Å². The average Bonchev–Trinajstić information content (AvgIpc) is 2.28. The normalized spacial score (nSPS) is 11.3. The number of terminal acetylenes is 1. The number of rotatable bonds is 1. The molecule has 0 saturated heterocycles. The Hall–Kier alpha value is -1.81. The van der Waals surface area contributed by atoms with Crippen molar-refractivity contribution in [2.24, 2.45) is 0 Å². The van der Waals surface area contributed by atoms with Crippen LogP contribution in [0, 0.1) is 12.3 Å².